The fraction of sp³-hybridized carbons (Fsp3) is 0.382. The zero-order valence-corrected chi connectivity index (χ0v) is 26.7. The number of piperazine rings is 1. The van der Waals surface area contributed by atoms with Crippen LogP contribution in [0.3, 0.4) is 0 Å². The van der Waals surface area contributed by atoms with Crippen LogP contribution in [0.15, 0.2) is 72.8 Å². The van der Waals surface area contributed by atoms with Crippen molar-refractivity contribution in [2.24, 2.45) is 0 Å². The van der Waals surface area contributed by atoms with Gasteiger partial charge in [0, 0.05) is 45.6 Å². The van der Waals surface area contributed by atoms with E-state index in [9.17, 15) is 22.8 Å². The van der Waals surface area contributed by atoms with Gasteiger partial charge in [0.2, 0.25) is 21.8 Å². The molecular weight excluding hydrogens is 592 g/mol. The van der Waals surface area contributed by atoms with Crippen LogP contribution in [0.5, 0.6) is 5.75 Å². The minimum Gasteiger partial charge on any atom is -0.484 e. The summed E-state index contributed by atoms with van der Waals surface area (Å²) >= 11 is 0. The van der Waals surface area contributed by atoms with Crippen LogP contribution in [0.2, 0.25) is 0 Å². The highest BCUT2D eigenvalue weighted by atomic mass is 32.2. The standard InChI is InChI=1S/C34H42N4O6S/c1-25(39)36-18-17-28-8-4-6-10-30(28)22-29-9-5-3-7-27(29)13-16-34(41)38-20-19-35-23-31(38)21-26-11-14-32(15-12-26)44-24-33(40)37-45(2,42)43/h3-12,14-15,31,35H,13,16-24H2,1-2H3,(H,36,39)(H,37,40)/t31-/m1/s1. The Morgan fingerprint density at radius 1 is 0.911 bits per heavy atom. The van der Waals surface area contributed by atoms with Crippen LogP contribution in [0.4, 0.5) is 0 Å². The highest BCUT2D eigenvalue weighted by molar-refractivity contribution is 7.89. The summed E-state index contributed by atoms with van der Waals surface area (Å²) in [6.07, 6.45) is 4.17. The number of nitrogens with one attached hydrogen (secondary N) is 3. The van der Waals surface area contributed by atoms with Crippen molar-refractivity contribution in [3.8, 4) is 5.75 Å². The van der Waals surface area contributed by atoms with Gasteiger partial charge in [0.1, 0.15) is 5.75 Å². The molecule has 0 saturated carbocycles. The molecular formula is C34H42N4O6S. The van der Waals surface area contributed by atoms with Gasteiger partial charge < -0.3 is 20.3 Å². The maximum Gasteiger partial charge on any atom is 0.271 e. The lowest BCUT2D eigenvalue weighted by Crippen LogP contribution is -2.54. The van der Waals surface area contributed by atoms with Gasteiger partial charge in [0.15, 0.2) is 6.61 Å². The van der Waals surface area contributed by atoms with Gasteiger partial charge in [-0.05, 0) is 65.6 Å². The summed E-state index contributed by atoms with van der Waals surface area (Å²) in [5.74, 6) is -0.195. The van der Waals surface area contributed by atoms with Gasteiger partial charge in [-0.3, -0.25) is 19.1 Å². The minimum absolute atomic E-state index is 0.00397. The van der Waals surface area contributed by atoms with Crippen LogP contribution in [0.25, 0.3) is 0 Å². The second-order valence-electron chi connectivity index (χ2n) is 11.3. The van der Waals surface area contributed by atoms with Gasteiger partial charge in [0.05, 0.1) is 6.26 Å². The molecule has 10 nitrogen and oxygen atoms in total. The molecule has 1 aliphatic rings. The van der Waals surface area contributed by atoms with E-state index in [0.717, 1.165) is 36.8 Å². The van der Waals surface area contributed by atoms with Gasteiger partial charge in [-0.15, -0.1) is 0 Å². The molecule has 0 bridgehead atoms. The lowest BCUT2D eigenvalue weighted by molar-refractivity contribution is -0.134. The van der Waals surface area contributed by atoms with Crippen LogP contribution in [0, 0.1) is 0 Å². The normalized spacial score (nSPS) is 14.9. The number of carbonyl (C=O) groups excluding carboxylic acids is 3. The molecule has 45 heavy (non-hydrogen) atoms. The van der Waals surface area contributed by atoms with Gasteiger partial charge in [-0.2, -0.15) is 0 Å². The molecule has 11 heteroatoms. The molecule has 1 atom stereocenters. The van der Waals surface area contributed by atoms with Crippen molar-refractivity contribution in [1.29, 1.82) is 0 Å². The van der Waals surface area contributed by atoms with Crippen molar-refractivity contribution in [3.05, 3.63) is 101 Å². The molecule has 0 radical (unpaired) electrons. The van der Waals surface area contributed by atoms with E-state index in [4.69, 9.17) is 4.74 Å². The van der Waals surface area contributed by atoms with Crippen LogP contribution >= 0.6 is 0 Å². The zero-order valence-electron chi connectivity index (χ0n) is 25.9. The number of hydrogen-bond donors (Lipinski definition) is 3. The Hall–Kier alpha value is -4.22. The first-order valence-corrected chi connectivity index (χ1v) is 17.1. The zero-order chi connectivity index (χ0) is 32.2. The summed E-state index contributed by atoms with van der Waals surface area (Å²) in [5, 5.41) is 6.28. The molecule has 1 fully saturated rings. The van der Waals surface area contributed by atoms with E-state index in [1.54, 1.807) is 12.1 Å². The van der Waals surface area contributed by atoms with Crippen molar-refractivity contribution >= 4 is 27.7 Å². The predicted molar refractivity (Wildman–Crippen MR) is 173 cm³/mol. The molecule has 0 unspecified atom stereocenters. The number of hydrogen-bond acceptors (Lipinski definition) is 7. The summed E-state index contributed by atoms with van der Waals surface area (Å²) in [6.45, 7) is 3.80. The number of ether oxygens (including phenoxy) is 1. The third kappa shape index (κ3) is 11.0. The van der Waals surface area contributed by atoms with Crippen molar-refractivity contribution in [2.45, 2.75) is 45.1 Å². The molecule has 0 aliphatic carbocycles. The fourth-order valence-corrected chi connectivity index (χ4v) is 6.03. The number of rotatable bonds is 14. The molecule has 3 aromatic carbocycles. The number of amides is 3. The Balaban J connectivity index is 1.34. The summed E-state index contributed by atoms with van der Waals surface area (Å²) in [7, 11) is -3.63. The maximum atomic E-state index is 13.5. The lowest BCUT2D eigenvalue weighted by atomic mass is 9.93. The summed E-state index contributed by atoms with van der Waals surface area (Å²) < 4.78 is 29.6. The van der Waals surface area contributed by atoms with E-state index in [1.165, 1.54) is 23.6 Å². The molecule has 3 N–H and O–H groups in total. The second-order valence-corrected chi connectivity index (χ2v) is 13.1. The Kier molecular flexibility index (Phi) is 12.1. The van der Waals surface area contributed by atoms with Crippen LogP contribution in [-0.2, 0) is 50.1 Å². The first kappa shape index (κ1) is 33.7. The van der Waals surface area contributed by atoms with Gasteiger partial charge >= 0.3 is 0 Å². The fourth-order valence-electron chi connectivity index (χ4n) is 5.56. The Morgan fingerprint density at radius 3 is 2.16 bits per heavy atom. The van der Waals surface area contributed by atoms with Crippen molar-refractivity contribution in [3.63, 3.8) is 0 Å². The quantitative estimate of drug-likeness (QED) is 0.248. The third-order valence-corrected chi connectivity index (χ3v) is 8.33. The monoisotopic (exact) mass is 634 g/mol. The molecule has 240 valence electrons. The number of benzene rings is 3. The molecule has 1 saturated heterocycles. The average molecular weight is 635 g/mol. The predicted octanol–water partition coefficient (Wildman–Crippen LogP) is 2.39. The number of sulfonamides is 1. The topological polar surface area (TPSA) is 134 Å². The molecule has 1 heterocycles. The highest BCUT2D eigenvalue weighted by Gasteiger charge is 2.26. The van der Waals surface area contributed by atoms with Gasteiger partial charge in [0.25, 0.3) is 5.91 Å². The summed E-state index contributed by atoms with van der Waals surface area (Å²) in [6, 6.07) is 23.8. The van der Waals surface area contributed by atoms with Gasteiger partial charge in [-0.1, -0.05) is 60.7 Å². The van der Waals surface area contributed by atoms with E-state index in [2.05, 4.69) is 34.9 Å². The number of carbonyl (C=O) groups is 3. The second kappa shape index (κ2) is 16.2. The first-order chi connectivity index (χ1) is 21.6. The van der Waals surface area contributed by atoms with Crippen molar-refractivity contribution < 1.29 is 27.5 Å². The van der Waals surface area contributed by atoms with Crippen LogP contribution < -0.4 is 20.1 Å². The van der Waals surface area contributed by atoms with Crippen molar-refractivity contribution in [2.75, 3.05) is 39.0 Å². The van der Waals surface area contributed by atoms with E-state index in [-0.39, 0.29) is 17.9 Å². The molecule has 4 rings (SSSR count). The Labute approximate surface area is 265 Å². The largest absolute Gasteiger partial charge is 0.484 e. The van der Waals surface area contributed by atoms with E-state index < -0.39 is 22.5 Å². The van der Waals surface area contributed by atoms with E-state index in [0.29, 0.717) is 44.6 Å². The highest BCUT2D eigenvalue weighted by Crippen LogP contribution is 2.21. The molecule has 0 aromatic heterocycles. The smallest absolute Gasteiger partial charge is 0.271 e. The van der Waals surface area contributed by atoms with E-state index in [1.807, 2.05) is 46.0 Å². The molecule has 3 aromatic rings. The number of nitrogens with zero attached hydrogens (tertiary/aromatic N) is 1. The van der Waals surface area contributed by atoms with Gasteiger partial charge in [-0.25, -0.2) is 8.42 Å². The Bertz CT molecular complexity index is 1580. The van der Waals surface area contributed by atoms with E-state index >= 15 is 0 Å². The third-order valence-electron chi connectivity index (χ3n) is 7.73. The summed E-state index contributed by atoms with van der Waals surface area (Å²) in [4.78, 5) is 38.5. The molecule has 3 amide bonds. The lowest BCUT2D eigenvalue weighted by Gasteiger charge is -2.36. The minimum atomic E-state index is -3.63. The van der Waals surface area contributed by atoms with Crippen molar-refractivity contribution in [1.82, 2.24) is 20.3 Å². The maximum absolute atomic E-state index is 13.5. The SMILES string of the molecule is CC(=O)NCCc1ccccc1Cc1ccccc1CCC(=O)N1CCNC[C@H]1Cc1ccc(OCC(=O)NS(C)(=O)=O)cc1. The molecule has 1 aliphatic heterocycles. The van der Waals surface area contributed by atoms with Crippen LogP contribution in [-0.4, -0.2) is 76.1 Å². The molecule has 0 spiro atoms. The number of aryl methyl sites for hydroxylation is 1. The average Bonchev–Trinajstić information content (AvgIpc) is 3.00. The summed E-state index contributed by atoms with van der Waals surface area (Å²) in [5.41, 5.74) is 5.81. The Morgan fingerprint density at radius 2 is 1.53 bits per heavy atom. The first-order valence-electron chi connectivity index (χ1n) is 15.2. The van der Waals surface area contributed by atoms with Crippen LogP contribution in [0.1, 0.15) is 41.2 Å².